The van der Waals surface area contributed by atoms with Crippen molar-refractivity contribution >= 4 is 10.0 Å². The largest absolute Gasteiger partial charge is 0.492 e. The van der Waals surface area contributed by atoms with Crippen molar-refractivity contribution in [1.82, 2.24) is 19.5 Å². The van der Waals surface area contributed by atoms with E-state index in [0.29, 0.717) is 25.4 Å². The van der Waals surface area contributed by atoms with Crippen molar-refractivity contribution in [2.24, 2.45) is 5.92 Å². The number of hydrogen-bond acceptors (Lipinski definition) is 5. The van der Waals surface area contributed by atoms with Crippen LogP contribution in [0.25, 0.3) is 11.4 Å². The molecule has 1 aliphatic heterocycles. The number of sulfonamides is 1. The minimum absolute atomic E-state index is 0.130. The Balaban J connectivity index is 1.32. The molecule has 1 N–H and O–H groups in total. The number of aromatic nitrogens is 3. The molecule has 2 aromatic heterocycles. The molecule has 2 aromatic rings. The van der Waals surface area contributed by atoms with Gasteiger partial charge >= 0.3 is 0 Å². The molecule has 4 rings (SSSR count). The predicted octanol–water partition coefficient (Wildman–Crippen LogP) is 1.97. The minimum Gasteiger partial charge on any atom is -0.492 e. The van der Waals surface area contributed by atoms with Gasteiger partial charge in [-0.2, -0.15) is 5.10 Å². The maximum absolute atomic E-state index is 12.3. The lowest BCUT2D eigenvalue weighted by molar-refractivity contribution is 0.254. The van der Waals surface area contributed by atoms with Gasteiger partial charge in [0.15, 0.2) is 0 Å². The zero-order chi connectivity index (χ0) is 17.4. The predicted molar refractivity (Wildman–Crippen MR) is 93.7 cm³/mol. The van der Waals surface area contributed by atoms with Gasteiger partial charge in [0.05, 0.1) is 35.6 Å². The molecule has 25 heavy (non-hydrogen) atoms. The lowest BCUT2D eigenvalue weighted by atomic mass is 10.1. The normalized spacial score (nSPS) is 21.6. The van der Waals surface area contributed by atoms with Gasteiger partial charge in [-0.3, -0.25) is 10.1 Å². The molecule has 0 aromatic carbocycles. The van der Waals surface area contributed by atoms with Crippen molar-refractivity contribution in [2.45, 2.75) is 31.4 Å². The van der Waals surface area contributed by atoms with Gasteiger partial charge in [-0.1, -0.05) is 0 Å². The van der Waals surface area contributed by atoms with Crippen molar-refractivity contribution in [3.8, 4) is 17.1 Å². The first kappa shape index (κ1) is 16.5. The molecular formula is C17H22N4O3S. The Morgan fingerprint density at radius 1 is 1.28 bits per heavy atom. The van der Waals surface area contributed by atoms with Crippen LogP contribution in [-0.2, 0) is 10.0 Å². The molecule has 134 valence electrons. The standard InChI is InChI=1S/C17H22N4O3S/c1-12-8-19-20-17(12)16-5-2-14(9-18-16)24-11-13-6-7-21(10-13)25(22,23)15-3-4-15/h2,5,8-9,13,15H,3-4,6-7,10-11H2,1H3,(H,19,20)/t13-/m1/s1. The zero-order valence-corrected chi connectivity index (χ0v) is 15.0. The SMILES string of the molecule is Cc1cn[nH]c1-c1ccc(OC[C@@H]2CCN(S(=O)(=O)C3CC3)C2)cn1. The summed E-state index contributed by atoms with van der Waals surface area (Å²) in [6.45, 7) is 3.67. The molecule has 0 spiro atoms. The van der Waals surface area contributed by atoms with E-state index in [0.717, 1.165) is 36.2 Å². The summed E-state index contributed by atoms with van der Waals surface area (Å²) in [6, 6.07) is 3.78. The minimum atomic E-state index is -3.06. The number of rotatable bonds is 6. The highest BCUT2D eigenvalue weighted by atomic mass is 32.2. The third kappa shape index (κ3) is 3.41. The number of aromatic amines is 1. The van der Waals surface area contributed by atoms with Gasteiger partial charge in [0, 0.05) is 19.0 Å². The fraction of sp³-hybridized carbons (Fsp3) is 0.529. The van der Waals surface area contributed by atoms with Crippen LogP contribution in [0.5, 0.6) is 5.75 Å². The second kappa shape index (κ2) is 6.42. The fourth-order valence-electron chi connectivity index (χ4n) is 3.17. The van der Waals surface area contributed by atoms with Gasteiger partial charge < -0.3 is 4.74 Å². The average molecular weight is 362 g/mol. The van der Waals surface area contributed by atoms with E-state index in [9.17, 15) is 8.42 Å². The van der Waals surface area contributed by atoms with E-state index < -0.39 is 10.0 Å². The highest BCUT2D eigenvalue weighted by Crippen LogP contribution is 2.33. The van der Waals surface area contributed by atoms with E-state index in [1.807, 2.05) is 19.1 Å². The zero-order valence-electron chi connectivity index (χ0n) is 14.2. The monoisotopic (exact) mass is 362 g/mol. The summed E-state index contributed by atoms with van der Waals surface area (Å²) in [7, 11) is -3.06. The van der Waals surface area contributed by atoms with Crippen molar-refractivity contribution in [2.75, 3.05) is 19.7 Å². The lowest BCUT2D eigenvalue weighted by Crippen LogP contribution is -2.32. The first-order valence-electron chi connectivity index (χ1n) is 8.62. The first-order chi connectivity index (χ1) is 12.0. The fourth-order valence-corrected chi connectivity index (χ4v) is 5.11. The summed E-state index contributed by atoms with van der Waals surface area (Å²) in [6.07, 6.45) is 5.94. The smallest absolute Gasteiger partial charge is 0.216 e. The number of hydrogen-bond donors (Lipinski definition) is 1. The number of ether oxygens (including phenoxy) is 1. The van der Waals surface area contributed by atoms with E-state index >= 15 is 0 Å². The van der Waals surface area contributed by atoms with Crippen molar-refractivity contribution < 1.29 is 13.2 Å². The molecule has 7 nitrogen and oxygen atoms in total. The second-order valence-corrected chi connectivity index (χ2v) is 9.09. The Morgan fingerprint density at radius 3 is 2.76 bits per heavy atom. The third-order valence-electron chi connectivity index (χ3n) is 4.86. The van der Waals surface area contributed by atoms with Gasteiger partial charge in [-0.25, -0.2) is 12.7 Å². The number of pyridine rings is 1. The Bertz CT molecular complexity index is 843. The quantitative estimate of drug-likeness (QED) is 0.849. The molecule has 1 saturated carbocycles. The van der Waals surface area contributed by atoms with Gasteiger partial charge in [-0.05, 0) is 43.9 Å². The molecule has 2 aliphatic rings. The summed E-state index contributed by atoms with van der Waals surface area (Å²) in [5.41, 5.74) is 2.78. The van der Waals surface area contributed by atoms with Crippen LogP contribution in [0.2, 0.25) is 0 Å². The van der Waals surface area contributed by atoms with E-state index in [1.165, 1.54) is 0 Å². The van der Waals surface area contributed by atoms with Crippen LogP contribution in [0.4, 0.5) is 0 Å². The van der Waals surface area contributed by atoms with Crippen LogP contribution >= 0.6 is 0 Å². The second-order valence-electron chi connectivity index (χ2n) is 6.88. The highest BCUT2D eigenvalue weighted by molar-refractivity contribution is 7.90. The van der Waals surface area contributed by atoms with Crippen LogP contribution in [0.1, 0.15) is 24.8 Å². The molecule has 1 aliphatic carbocycles. The van der Waals surface area contributed by atoms with Crippen LogP contribution in [-0.4, -0.2) is 52.9 Å². The van der Waals surface area contributed by atoms with E-state index in [2.05, 4.69) is 15.2 Å². The third-order valence-corrected chi connectivity index (χ3v) is 7.23. The maximum atomic E-state index is 12.3. The molecule has 1 atom stereocenters. The number of H-pyrrole nitrogens is 1. The molecule has 2 fully saturated rings. The summed E-state index contributed by atoms with van der Waals surface area (Å²) in [5, 5.41) is 6.81. The highest BCUT2D eigenvalue weighted by Gasteiger charge is 2.42. The topological polar surface area (TPSA) is 88.2 Å². The summed E-state index contributed by atoms with van der Waals surface area (Å²) >= 11 is 0. The summed E-state index contributed by atoms with van der Waals surface area (Å²) < 4.78 is 32.0. The Morgan fingerprint density at radius 2 is 2.12 bits per heavy atom. The Kier molecular flexibility index (Phi) is 4.24. The molecule has 3 heterocycles. The van der Waals surface area contributed by atoms with Gasteiger partial charge in [0.1, 0.15) is 5.75 Å². The molecule has 8 heteroatoms. The number of nitrogens with one attached hydrogen (secondary N) is 1. The molecule has 0 unspecified atom stereocenters. The molecule has 1 saturated heterocycles. The van der Waals surface area contributed by atoms with Gasteiger partial charge in [-0.15, -0.1) is 0 Å². The molecular weight excluding hydrogens is 340 g/mol. The number of nitrogens with zero attached hydrogens (tertiary/aromatic N) is 3. The van der Waals surface area contributed by atoms with Crippen LogP contribution in [0.15, 0.2) is 24.5 Å². The Hall–Kier alpha value is -1.93. The molecule has 0 amide bonds. The lowest BCUT2D eigenvalue weighted by Gasteiger charge is -2.16. The van der Waals surface area contributed by atoms with Crippen LogP contribution < -0.4 is 4.74 Å². The van der Waals surface area contributed by atoms with Crippen LogP contribution in [0, 0.1) is 12.8 Å². The Labute approximate surface area is 147 Å². The van der Waals surface area contributed by atoms with Gasteiger partial charge in [0.2, 0.25) is 10.0 Å². The summed E-state index contributed by atoms with van der Waals surface area (Å²) in [5.74, 6) is 0.937. The van der Waals surface area contributed by atoms with Crippen molar-refractivity contribution in [3.05, 3.63) is 30.1 Å². The average Bonchev–Trinajstić information content (AvgIpc) is 3.22. The van der Waals surface area contributed by atoms with Crippen molar-refractivity contribution in [3.63, 3.8) is 0 Å². The summed E-state index contributed by atoms with van der Waals surface area (Å²) in [4.78, 5) is 4.41. The van der Waals surface area contributed by atoms with Crippen molar-refractivity contribution in [1.29, 1.82) is 0 Å². The molecule has 0 bridgehead atoms. The number of aryl methyl sites for hydroxylation is 1. The van der Waals surface area contributed by atoms with Gasteiger partial charge in [0.25, 0.3) is 0 Å². The molecule has 0 radical (unpaired) electrons. The van der Waals surface area contributed by atoms with E-state index in [4.69, 9.17) is 4.74 Å². The van der Waals surface area contributed by atoms with Crippen LogP contribution in [0.3, 0.4) is 0 Å². The van der Waals surface area contributed by atoms with E-state index in [1.54, 1.807) is 16.7 Å². The maximum Gasteiger partial charge on any atom is 0.216 e. The first-order valence-corrected chi connectivity index (χ1v) is 10.1. The van der Waals surface area contributed by atoms with E-state index in [-0.39, 0.29) is 11.2 Å².